The Hall–Kier alpha value is -1.93. The van der Waals surface area contributed by atoms with Crippen LogP contribution in [0.15, 0.2) is 23.3 Å². The molecule has 2 saturated heterocycles. The number of guanidine groups is 1. The molecule has 2 aliphatic rings. The predicted octanol–water partition coefficient (Wildman–Crippen LogP) is 1.85. The van der Waals surface area contributed by atoms with Crippen molar-refractivity contribution in [2.45, 2.75) is 57.9 Å². The van der Waals surface area contributed by atoms with Crippen molar-refractivity contribution >= 4 is 11.8 Å². The van der Waals surface area contributed by atoms with E-state index in [2.05, 4.69) is 53.2 Å². The molecule has 29 heavy (non-hydrogen) atoms. The molecule has 1 aromatic rings. The molecule has 2 fully saturated rings. The van der Waals surface area contributed by atoms with Crippen LogP contribution in [-0.4, -0.2) is 79.4 Å². The van der Waals surface area contributed by atoms with Crippen molar-refractivity contribution in [3.63, 3.8) is 0 Å². The predicted molar refractivity (Wildman–Crippen MR) is 115 cm³/mol. The van der Waals surface area contributed by atoms with Gasteiger partial charge in [0.1, 0.15) is 0 Å². The van der Waals surface area contributed by atoms with Crippen LogP contribution in [0.5, 0.6) is 0 Å². The van der Waals surface area contributed by atoms with Gasteiger partial charge in [0.15, 0.2) is 17.6 Å². The van der Waals surface area contributed by atoms with Gasteiger partial charge in [0.2, 0.25) is 0 Å². The topological polar surface area (TPSA) is 65.0 Å². The van der Waals surface area contributed by atoms with Crippen molar-refractivity contribution in [1.29, 1.82) is 0 Å². The fraction of sp³-hybridized carbons (Fsp3) is 0.714. The third-order valence-corrected chi connectivity index (χ3v) is 5.76. The SMILES string of the molecule is CN=C(NCC(C)(C)N1CC(C)OC(C)C1)NC1CCN(c2ncccc2F)C1. The minimum Gasteiger partial charge on any atom is -0.373 e. The first-order valence-electron chi connectivity index (χ1n) is 10.5. The molecule has 7 nitrogen and oxygen atoms in total. The molecule has 0 amide bonds. The zero-order valence-corrected chi connectivity index (χ0v) is 18.3. The number of aliphatic imine (C=N–C) groups is 1. The summed E-state index contributed by atoms with van der Waals surface area (Å²) < 4.78 is 19.9. The molecule has 8 heteroatoms. The van der Waals surface area contributed by atoms with Crippen molar-refractivity contribution in [1.82, 2.24) is 20.5 Å². The Balaban J connectivity index is 1.51. The highest BCUT2D eigenvalue weighted by Crippen LogP contribution is 2.22. The lowest BCUT2D eigenvalue weighted by Gasteiger charge is -2.45. The van der Waals surface area contributed by atoms with Gasteiger partial charge in [-0.1, -0.05) is 0 Å². The summed E-state index contributed by atoms with van der Waals surface area (Å²) in [6, 6.07) is 3.28. The zero-order valence-electron chi connectivity index (χ0n) is 18.3. The first-order chi connectivity index (χ1) is 13.8. The van der Waals surface area contributed by atoms with E-state index in [-0.39, 0.29) is 29.6 Å². The average Bonchev–Trinajstić information content (AvgIpc) is 3.13. The molecule has 3 rings (SSSR count). The minimum absolute atomic E-state index is 0.0251. The summed E-state index contributed by atoms with van der Waals surface area (Å²) in [5, 5.41) is 6.96. The Morgan fingerprint density at radius 1 is 1.31 bits per heavy atom. The van der Waals surface area contributed by atoms with Crippen LogP contribution in [0.25, 0.3) is 0 Å². The molecule has 0 bridgehead atoms. The van der Waals surface area contributed by atoms with E-state index in [1.165, 1.54) is 6.07 Å². The van der Waals surface area contributed by atoms with Crippen molar-refractivity contribution in [3.8, 4) is 0 Å². The van der Waals surface area contributed by atoms with Gasteiger partial charge in [0.25, 0.3) is 0 Å². The van der Waals surface area contributed by atoms with E-state index in [0.717, 1.165) is 38.6 Å². The van der Waals surface area contributed by atoms with Gasteiger partial charge in [-0.25, -0.2) is 9.37 Å². The van der Waals surface area contributed by atoms with E-state index in [9.17, 15) is 4.39 Å². The molecule has 0 aromatic carbocycles. The number of morpholine rings is 1. The fourth-order valence-electron chi connectivity index (χ4n) is 4.15. The van der Waals surface area contributed by atoms with Gasteiger partial charge in [0.05, 0.1) is 12.2 Å². The lowest BCUT2D eigenvalue weighted by atomic mass is 10.00. The molecule has 0 saturated carbocycles. The van der Waals surface area contributed by atoms with Crippen LogP contribution >= 0.6 is 0 Å². The number of nitrogens with zero attached hydrogens (tertiary/aromatic N) is 4. The maximum atomic E-state index is 14.0. The summed E-state index contributed by atoms with van der Waals surface area (Å²) in [4.78, 5) is 13.0. The highest BCUT2D eigenvalue weighted by Gasteiger charge is 2.33. The normalized spacial score (nSPS) is 26.6. The molecule has 3 atom stereocenters. The second-order valence-corrected chi connectivity index (χ2v) is 8.79. The van der Waals surface area contributed by atoms with Gasteiger partial charge in [-0.15, -0.1) is 0 Å². The van der Waals surface area contributed by atoms with Crippen LogP contribution in [0, 0.1) is 5.82 Å². The van der Waals surface area contributed by atoms with Crippen molar-refractivity contribution < 1.29 is 9.13 Å². The zero-order chi connectivity index (χ0) is 21.0. The average molecular weight is 407 g/mol. The Morgan fingerprint density at radius 2 is 2.03 bits per heavy atom. The maximum Gasteiger partial charge on any atom is 0.191 e. The molecule has 0 aliphatic carbocycles. The van der Waals surface area contributed by atoms with E-state index in [1.54, 1.807) is 19.3 Å². The van der Waals surface area contributed by atoms with Crippen LogP contribution in [-0.2, 0) is 4.74 Å². The molecular formula is C21H35FN6O. The van der Waals surface area contributed by atoms with Gasteiger partial charge < -0.3 is 20.3 Å². The lowest BCUT2D eigenvalue weighted by molar-refractivity contribution is -0.0946. The Kier molecular flexibility index (Phi) is 6.95. The Bertz CT molecular complexity index is 702. The number of anilines is 1. The fourth-order valence-corrected chi connectivity index (χ4v) is 4.15. The van der Waals surface area contributed by atoms with E-state index < -0.39 is 0 Å². The number of hydrogen-bond acceptors (Lipinski definition) is 5. The van der Waals surface area contributed by atoms with Crippen molar-refractivity contribution in [3.05, 3.63) is 24.1 Å². The summed E-state index contributed by atoms with van der Waals surface area (Å²) in [7, 11) is 1.78. The Labute approximate surface area is 173 Å². The second kappa shape index (κ2) is 9.26. The molecule has 162 valence electrons. The van der Waals surface area contributed by atoms with Gasteiger partial charge in [-0.05, 0) is 46.2 Å². The number of aromatic nitrogens is 1. The third kappa shape index (κ3) is 5.57. The standard InChI is InChI=1S/C21H35FN6O/c1-15-11-28(12-16(2)29-15)21(3,4)14-25-20(23-5)26-17-8-10-27(13-17)19-18(22)7-6-9-24-19/h6-7,9,15-17H,8,10-14H2,1-5H3,(H2,23,25,26). The quantitative estimate of drug-likeness (QED) is 0.575. The number of pyridine rings is 1. The smallest absolute Gasteiger partial charge is 0.191 e. The number of halogens is 1. The second-order valence-electron chi connectivity index (χ2n) is 8.79. The first kappa shape index (κ1) is 21.8. The third-order valence-electron chi connectivity index (χ3n) is 5.76. The van der Waals surface area contributed by atoms with Crippen LogP contribution < -0.4 is 15.5 Å². The van der Waals surface area contributed by atoms with Gasteiger partial charge >= 0.3 is 0 Å². The molecular weight excluding hydrogens is 371 g/mol. The van der Waals surface area contributed by atoms with Gasteiger partial charge in [-0.3, -0.25) is 9.89 Å². The van der Waals surface area contributed by atoms with Crippen LogP contribution in [0.4, 0.5) is 10.2 Å². The van der Waals surface area contributed by atoms with Crippen LogP contribution in [0.2, 0.25) is 0 Å². The van der Waals surface area contributed by atoms with Crippen LogP contribution in [0.3, 0.4) is 0 Å². The molecule has 0 radical (unpaired) electrons. The molecule has 2 N–H and O–H groups in total. The Morgan fingerprint density at radius 3 is 2.69 bits per heavy atom. The monoisotopic (exact) mass is 406 g/mol. The summed E-state index contributed by atoms with van der Waals surface area (Å²) >= 11 is 0. The van der Waals surface area contributed by atoms with E-state index in [4.69, 9.17) is 4.74 Å². The lowest BCUT2D eigenvalue weighted by Crippen LogP contribution is -2.59. The first-order valence-corrected chi connectivity index (χ1v) is 10.5. The van der Waals surface area contributed by atoms with E-state index in [0.29, 0.717) is 12.4 Å². The largest absolute Gasteiger partial charge is 0.373 e. The highest BCUT2D eigenvalue weighted by atomic mass is 19.1. The van der Waals surface area contributed by atoms with Crippen molar-refractivity contribution in [2.24, 2.45) is 4.99 Å². The summed E-state index contributed by atoms with van der Waals surface area (Å²) in [5.41, 5.74) is -0.0251. The molecule has 3 heterocycles. The summed E-state index contributed by atoms with van der Waals surface area (Å²) in [5.74, 6) is 0.934. The molecule has 3 unspecified atom stereocenters. The number of hydrogen-bond donors (Lipinski definition) is 2. The van der Waals surface area contributed by atoms with Crippen LogP contribution in [0.1, 0.15) is 34.1 Å². The molecule has 2 aliphatic heterocycles. The van der Waals surface area contributed by atoms with E-state index in [1.807, 2.05) is 4.90 Å². The van der Waals surface area contributed by atoms with Gasteiger partial charge in [-0.2, -0.15) is 0 Å². The summed E-state index contributed by atoms with van der Waals surface area (Å²) in [6.07, 6.45) is 3.03. The number of ether oxygens (including phenoxy) is 1. The highest BCUT2D eigenvalue weighted by molar-refractivity contribution is 5.80. The van der Waals surface area contributed by atoms with Crippen molar-refractivity contribution in [2.75, 3.05) is 44.7 Å². The number of nitrogens with one attached hydrogen (secondary N) is 2. The maximum absolute atomic E-state index is 14.0. The molecule has 1 aromatic heterocycles. The van der Waals surface area contributed by atoms with Gasteiger partial charge in [0, 0.05) is 57.5 Å². The minimum atomic E-state index is -0.272. The molecule has 0 spiro atoms. The summed E-state index contributed by atoms with van der Waals surface area (Å²) in [6.45, 7) is 12.9. The van der Waals surface area contributed by atoms with E-state index >= 15 is 0 Å². The number of rotatable bonds is 5.